The Morgan fingerprint density at radius 2 is 1.93 bits per heavy atom. The van der Waals surface area contributed by atoms with Crippen molar-refractivity contribution in [2.24, 2.45) is 11.8 Å². The van der Waals surface area contributed by atoms with Gasteiger partial charge in [-0.1, -0.05) is 54.9 Å². The Balaban J connectivity index is 1.61. The molecule has 4 N–H and O–H groups in total. The number of piperidine rings is 2. The van der Waals surface area contributed by atoms with Crippen molar-refractivity contribution in [1.82, 2.24) is 20.9 Å². The molecule has 2 aliphatic rings. The SMILES string of the molecule is CCc1cccc(-c2c(Cl)cccc2C(O)(CCCNC(=O)OC)[C@@H]2CCCN(C(=O)NCC3CCNCC3)C2)c1. The zero-order valence-electron chi connectivity index (χ0n) is 24.4. The number of aliphatic hydroxyl groups is 1. The minimum Gasteiger partial charge on any atom is -0.453 e. The summed E-state index contributed by atoms with van der Waals surface area (Å²) in [5.41, 5.74) is 2.46. The molecule has 224 valence electrons. The minimum absolute atomic E-state index is 0.0649. The number of methoxy groups -OCH3 is 1. The highest BCUT2D eigenvalue weighted by molar-refractivity contribution is 6.33. The predicted octanol–water partition coefficient (Wildman–Crippen LogP) is 5.31. The second-order valence-electron chi connectivity index (χ2n) is 11.3. The van der Waals surface area contributed by atoms with Crippen molar-refractivity contribution in [2.75, 3.05) is 46.4 Å². The van der Waals surface area contributed by atoms with Crippen LogP contribution < -0.4 is 16.0 Å². The molecule has 9 heteroatoms. The average Bonchev–Trinajstić information content (AvgIpc) is 3.02. The topological polar surface area (TPSA) is 103 Å². The maximum absolute atomic E-state index is 13.3. The van der Waals surface area contributed by atoms with Crippen LogP contribution in [0.1, 0.15) is 56.6 Å². The number of halogens is 1. The zero-order chi connectivity index (χ0) is 29.2. The van der Waals surface area contributed by atoms with Gasteiger partial charge in [-0.05, 0) is 86.7 Å². The number of nitrogens with one attached hydrogen (secondary N) is 3. The maximum Gasteiger partial charge on any atom is 0.406 e. The number of likely N-dealkylation sites (tertiary alicyclic amines) is 1. The maximum atomic E-state index is 13.3. The van der Waals surface area contributed by atoms with E-state index in [1.54, 1.807) is 0 Å². The third-order valence-corrected chi connectivity index (χ3v) is 8.99. The van der Waals surface area contributed by atoms with Gasteiger partial charge in [-0.3, -0.25) is 0 Å². The summed E-state index contributed by atoms with van der Waals surface area (Å²) >= 11 is 6.86. The molecule has 2 atom stereocenters. The Morgan fingerprint density at radius 1 is 1.15 bits per heavy atom. The summed E-state index contributed by atoms with van der Waals surface area (Å²) in [5, 5.41) is 22.5. The fraction of sp³-hybridized carbons (Fsp3) is 0.562. The highest BCUT2D eigenvalue weighted by Crippen LogP contribution is 2.45. The van der Waals surface area contributed by atoms with E-state index < -0.39 is 11.7 Å². The lowest BCUT2D eigenvalue weighted by molar-refractivity contribution is -0.0547. The van der Waals surface area contributed by atoms with Gasteiger partial charge in [0.1, 0.15) is 0 Å². The molecular weight excluding hydrogens is 540 g/mol. The summed E-state index contributed by atoms with van der Waals surface area (Å²) in [6.07, 6.45) is 5.04. The second-order valence-corrected chi connectivity index (χ2v) is 11.7. The fourth-order valence-corrected chi connectivity index (χ4v) is 6.57. The van der Waals surface area contributed by atoms with Crippen LogP contribution in [0.5, 0.6) is 0 Å². The molecule has 2 aromatic carbocycles. The molecule has 2 fully saturated rings. The standard InChI is InChI=1S/C32H45ClN4O4/c1-3-23-8-4-9-25(20-23)29-27(11-5-12-28(29)33)32(40,15-7-16-35-31(39)41-2)26-10-6-19-37(22-26)30(38)36-21-24-13-17-34-18-14-24/h4-5,8-9,11-12,20,24,26,34,40H,3,6-7,10,13-19,21-22H2,1-2H3,(H,35,39)(H,36,38)/t26-,32?/m1/s1. The molecule has 0 radical (unpaired) electrons. The van der Waals surface area contributed by atoms with Crippen LogP contribution in [0.2, 0.25) is 5.02 Å². The third-order valence-electron chi connectivity index (χ3n) is 8.68. The molecule has 2 heterocycles. The van der Waals surface area contributed by atoms with Crippen molar-refractivity contribution in [1.29, 1.82) is 0 Å². The van der Waals surface area contributed by atoms with Gasteiger partial charge in [0, 0.05) is 42.7 Å². The van der Waals surface area contributed by atoms with Crippen molar-refractivity contribution in [2.45, 2.75) is 57.5 Å². The van der Waals surface area contributed by atoms with Gasteiger partial charge in [-0.15, -0.1) is 0 Å². The molecule has 41 heavy (non-hydrogen) atoms. The van der Waals surface area contributed by atoms with Gasteiger partial charge in [-0.2, -0.15) is 0 Å². The lowest BCUT2D eigenvalue weighted by Gasteiger charge is -2.44. The molecule has 0 aliphatic carbocycles. The monoisotopic (exact) mass is 584 g/mol. The first kappa shape index (κ1) is 31.1. The Hall–Kier alpha value is -2.81. The van der Waals surface area contributed by atoms with E-state index in [2.05, 4.69) is 35.0 Å². The van der Waals surface area contributed by atoms with E-state index in [9.17, 15) is 14.7 Å². The Morgan fingerprint density at radius 3 is 2.68 bits per heavy atom. The number of carbonyl (C=O) groups excluding carboxylic acids is 2. The number of hydrogen-bond donors (Lipinski definition) is 4. The first-order valence-corrected chi connectivity index (χ1v) is 15.4. The number of hydrogen-bond acceptors (Lipinski definition) is 5. The Labute approximate surface area is 249 Å². The molecule has 2 saturated heterocycles. The molecule has 8 nitrogen and oxygen atoms in total. The number of aryl methyl sites for hydroxylation is 1. The number of benzene rings is 2. The molecule has 4 rings (SSSR count). The number of carbonyl (C=O) groups is 2. The molecule has 0 saturated carbocycles. The first-order chi connectivity index (χ1) is 19.9. The molecule has 2 aromatic rings. The van der Waals surface area contributed by atoms with Gasteiger partial charge in [0.2, 0.25) is 0 Å². The number of ether oxygens (including phenoxy) is 1. The average molecular weight is 585 g/mol. The van der Waals surface area contributed by atoms with Crippen LogP contribution in [0.3, 0.4) is 0 Å². The summed E-state index contributed by atoms with van der Waals surface area (Å²) in [6.45, 7) is 6.25. The van der Waals surface area contributed by atoms with E-state index in [1.165, 1.54) is 12.7 Å². The van der Waals surface area contributed by atoms with Crippen LogP contribution in [-0.2, 0) is 16.8 Å². The third kappa shape index (κ3) is 7.93. The molecular formula is C32H45ClN4O4. The quantitative estimate of drug-likeness (QED) is 0.283. The lowest BCUT2D eigenvalue weighted by atomic mass is 9.72. The van der Waals surface area contributed by atoms with E-state index in [4.69, 9.17) is 16.3 Å². The summed E-state index contributed by atoms with van der Waals surface area (Å²) in [4.78, 5) is 26.8. The van der Waals surface area contributed by atoms with Crippen LogP contribution in [-0.4, -0.2) is 68.5 Å². The Kier molecular flexibility index (Phi) is 11.3. The molecule has 2 aliphatic heterocycles. The highest BCUT2D eigenvalue weighted by atomic mass is 35.5. The van der Waals surface area contributed by atoms with E-state index >= 15 is 0 Å². The van der Waals surface area contributed by atoms with Crippen molar-refractivity contribution in [3.63, 3.8) is 0 Å². The normalized spacial score (nSPS) is 19.3. The number of rotatable bonds is 10. The lowest BCUT2D eigenvalue weighted by Crippen LogP contribution is -2.52. The van der Waals surface area contributed by atoms with Gasteiger partial charge >= 0.3 is 12.1 Å². The Bertz CT molecular complexity index is 1170. The summed E-state index contributed by atoms with van der Waals surface area (Å²) in [7, 11) is 1.33. The molecule has 1 unspecified atom stereocenters. The number of urea groups is 1. The van der Waals surface area contributed by atoms with E-state index in [1.807, 2.05) is 35.2 Å². The fourth-order valence-electron chi connectivity index (χ4n) is 6.28. The van der Waals surface area contributed by atoms with Crippen LogP contribution in [0, 0.1) is 11.8 Å². The summed E-state index contributed by atoms with van der Waals surface area (Å²) in [5.74, 6) is 0.290. The smallest absolute Gasteiger partial charge is 0.406 e. The van der Waals surface area contributed by atoms with Crippen molar-refractivity contribution in [3.05, 3.63) is 58.6 Å². The molecule has 0 bridgehead atoms. The molecule has 3 amide bonds. The number of nitrogens with zero attached hydrogens (tertiary/aromatic N) is 1. The van der Waals surface area contributed by atoms with E-state index in [0.717, 1.165) is 61.9 Å². The van der Waals surface area contributed by atoms with E-state index in [0.29, 0.717) is 50.0 Å². The van der Waals surface area contributed by atoms with E-state index in [-0.39, 0.29) is 11.9 Å². The van der Waals surface area contributed by atoms with Crippen LogP contribution in [0.4, 0.5) is 9.59 Å². The second kappa shape index (κ2) is 14.9. The first-order valence-electron chi connectivity index (χ1n) is 15.0. The van der Waals surface area contributed by atoms with Gasteiger partial charge in [0.15, 0.2) is 0 Å². The van der Waals surface area contributed by atoms with Crippen LogP contribution in [0.15, 0.2) is 42.5 Å². The largest absolute Gasteiger partial charge is 0.453 e. The van der Waals surface area contributed by atoms with Crippen LogP contribution >= 0.6 is 11.6 Å². The summed E-state index contributed by atoms with van der Waals surface area (Å²) < 4.78 is 4.72. The van der Waals surface area contributed by atoms with Crippen molar-refractivity contribution >= 4 is 23.7 Å². The van der Waals surface area contributed by atoms with Gasteiger partial charge in [-0.25, -0.2) is 9.59 Å². The van der Waals surface area contributed by atoms with Crippen LogP contribution in [0.25, 0.3) is 11.1 Å². The van der Waals surface area contributed by atoms with Gasteiger partial charge in [0.25, 0.3) is 0 Å². The highest BCUT2D eigenvalue weighted by Gasteiger charge is 2.43. The molecule has 0 spiro atoms. The zero-order valence-corrected chi connectivity index (χ0v) is 25.1. The van der Waals surface area contributed by atoms with Gasteiger partial charge in [0.05, 0.1) is 12.7 Å². The van der Waals surface area contributed by atoms with Crippen molar-refractivity contribution in [3.8, 4) is 11.1 Å². The van der Waals surface area contributed by atoms with Crippen molar-refractivity contribution < 1.29 is 19.4 Å². The number of amides is 3. The molecule has 0 aromatic heterocycles. The summed E-state index contributed by atoms with van der Waals surface area (Å²) in [6, 6.07) is 13.9. The minimum atomic E-state index is -1.27. The predicted molar refractivity (Wildman–Crippen MR) is 163 cm³/mol. The van der Waals surface area contributed by atoms with Gasteiger partial charge < -0.3 is 30.7 Å². The number of alkyl carbamates (subject to hydrolysis) is 1.